The molecule has 6 nitrogen and oxygen atoms in total. The lowest BCUT2D eigenvalue weighted by Gasteiger charge is -2.46. The molecular formula is C34H39NO5Si. The lowest BCUT2D eigenvalue weighted by atomic mass is 9.89. The Bertz CT molecular complexity index is 1320. The van der Waals surface area contributed by atoms with Gasteiger partial charge in [-0.3, -0.25) is 4.90 Å². The van der Waals surface area contributed by atoms with Gasteiger partial charge in [0.25, 0.3) is 8.32 Å². The standard InChI is InChI=1S/C34H39NO5Si/c1-34(2,3)41(28-16-10-6-11-17-28,29-18-12-7-13-19-29)40-27-21-20-26-22-31(32(36)38-4)35(30(26)23-27)33(37)39-24-25-14-8-5-9-15-25/h5-21,26-27,30-31H,22-24H2,1-4H3/t26-,27+,30+,31-/m0/s1. The average Bonchev–Trinajstić information content (AvgIpc) is 3.38. The second-order valence-electron chi connectivity index (χ2n) is 11.9. The van der Waals surface area contributed by atoms with Crippen molar-refractivity contribution in [1.82, 2.24) is 4.90 Å². The Labute approximate surface area is 244 Å². The van der Waals surface area contributed by atoms with Gasteiger partial charge in [0.15, 0.2) is 0 Å². The Morgan fingerprint density at radius 2 is 1.39 bits per heavy atom. The van der Waals surface area contributed by atoms with Crippen LogP contribution < -0.4 is 10.4 Å². The molecule has 1 aliphatic heterocycles. The SMILES string of the molecule is COC(=O)[C@@H]1C[C@@H]2C=C[C@@H](O[Si](c3ccccc3)(c3ccccc3)C(C)(C)C)C[C@H]2N1C(=O)OCc1ccccc1. The summed E-state index contributed by atoms with van der Waals surface area (Å²) in [6.07, 6.45) is 4.57. The number of hydrogen-bond acceptors (Lipinski definition) is 5. The molecule has 0 unspecified atom stereocenters. The van der Waals surface area contributed by atoms with Crippen molar-refractivity contribution in [2.24, 2.45) is 5.92 Å². The van der Waals surface area contributed by atoms with Crippen LogP contribution in [-0.2, 0) is 25.3 Å². The van der Waals surface area contributed by atoms with Gasteiger partial charge in [0, 0.05) is 12.0 Å². The van der Waals surface area contributed by atoms with Gasteiger partial charge in [0.2, 0.25) is 0 Å². The van der Waals surface area contributed by atoms with E-state index in [1.165, 1.54) is 17.5 Å². The topological polar surface area (TPSA) is 65.1 Å². The maximum Gasteiger partial charge on any atom is 0.411 e. The number of carbonyl (C=O) groups is 2. The summed E-state index contributed by atoms with van der Waals surface area (Å²) < 4.78 is 18.2. The van der Waals surface area contributed by atoms with Gasteiger partial charge in [0.1, 0.15) is 12.6 Å². The quantitative estimate of drug-likeness (QED) is 0.215. The van der Waals surface area contributed by atoms with E-state index < -0.39 is 26.4 Å². The lowest BCUT2D eigenvalue weighted by Crippen LogP contribution is -2.68. The van der Waals surface area contributed by atoms with Crippen molar-refractivity contribution in [2.45, 2.75) is 63.4 Å². The molecule has 7 heteroatoms. The van der Waals surface area contributed by atoms with E-state index in [4.69, 9.17) is 13.9 Å². The zero-order chi connectivity index (χ0) is 29.0. The number of hydrogen-bond donors (Lipinski definition) is 0. The molecule has 0 spiro atoms. The van der Waals surface area contributed by atoms with Gasteiger partial charge in [-0.15, -0.1) is 0 Å². The first-order chi connectivity index (χ1) is 19.7. The van der Waals surface area contributed by atoms with E-state index in [0.29, 0.717) is 12.8 Å². The van der Waals surface area contributed by atoms with Gasteiger partial charge < -0.3 is 13.9 Å². The molecular weight excluding hydrogens is 530 g/mol. The van der Waals surface area contributed by atoms with Crippen molar-refractivity contribution in [1.29, 1.82) is 0 Å². The molecule has 0 radical (unpaired) electrons. The van der Waals surface area contributed by atoms with Crippen molar-refractivity contribution in [3.05, 3.63) is 109 Å². The maximum absolute atomic E-state index is 13.5. The Morgan fingerprint density at radius 1 is 0.829 bits per heavy atom. The Morgan fingerprint density at radius 3 is 1.93 bits per heavy atom. The molecule has 0 saturated carbocycles. The van der Waals surface area contributed by atoms with Crippen LogP contribution in [0, 0.1) is 5.92 Å². The molecule has 1 fully saturated rings. The molecule has 1 aliphatic carbocycles. The van der Waals surface area contributed by atoms with E-state index in [1.54, 1.807) is 4.90 Å². The molecule has 1 amide bonds. The fourth-order valence-electron chi connectivity index (χ4n) is 6.45. The van der Waals surface area contributed by atoms with Gasteiger partial charge in [-0.25, -0.2) is 9.59 Å². The summed E-state index contributed by atoms with van der Waals surface area (Å²) in [5.41, 5.74) is 0.891. The fourth-order valence-corrected chi connectivity index (χ4v) is 11.1. The predicted molar refractivity (Wildman–Crippen MR) is 162 cm³/mol. The Hall–Kier alpha value is -3.68. The smallest absolute Gasteiger partial charge is 0.411 e. The molecule has 3 aromatic carbocycles. The Balaban J connectivity index is 1.46. The number of benzene rings is 3. The van der Waals surface area contributed by atoms with Crippen molar-refractivity contribution in [3.8, 4) is 0 Å². The summed E-state index contributed by atoms with van der Waals surface area (Å²) in [4.78, 5) is 28.0. The van der Waals surface area contributed by atoms with Crippen molar-refractivity contribution < 1.29 is 23.5 Å². The maximum atomic E-state index is 13.5. The molecule has 41 heavy (non-hydrogen) atoms. The van der Waals surface area contributed by atoms with Gasteiger partial charge in [-0.2, -0.15) is 0 Å². The van der Waals surface area contributed by atoms with Gasteiger partial charge in [-0.05, 0) is 33.8 Å². The number of methoxy groups -OCH3 is 1. The molecule has 1 heterocycles. The number of likely N-dealkylation sites (tertiary alicyclic amines) is 1. The molecule has 0 N–H and O–H groups in total. The minimum atomic E-state index is -2.81. The van der Waals surface area contributed by atoms with Crippen LogP contribution in [0.5, 0.6) is 0 Å². The zero-order valence-electron chi connectivity index (χ0n) is 24.2. The van der Waals surface area contributed by atoms with E-state index in [1.807, 2.05) is 42.5 Å². The lowest BCUT2D eigenvalue weighted by molar-refractivity contribution is -0.145. The molecule has 0 bridgehead atoms. The molecule has 4 atom stereocenters. The normalized spacial score (nSPS) is 22.2. The van der Waals surface area contributed by atoms with Crippen LogP contribution in [0.4, 0.5) is 4.79 Å². The number of nitrogens with zero attached hydrogens (tertiary/aromatic N) is 1. The predicted octanol–water partition coefficient (Wildman–Crippen LogP) is 5.46. The van der Waals surface area contributed by atoms with E-state index in [-0.39, 0.29) is 29.7 Å². The number of esters is 1. The van der Waals surface area contributed by atoms with E-state index in [9.17, 15) is 9.59 Å². The third kappa shape index (κ3) is 5.74. The minimum absolute atomic E-state index is 0.0161. The second kappa shape index (κ2) is 12.0. The van der Waals surface area contributed by atoms with Gasteiger partial charge >= 0.3 is 12.1 Å². The van der Waals surface area contributed by atoms with Crippen LogP contribution in [0.2, 0.25) is 5.04 Å². The number of fused-ring (bicyclic) bond motifs is 1. The minimum Gasteiger partial charge on any atom is -0.467 e. The summed E-state index contributed by atoms with van der Waals surface area (Å²) in [6.45, 7) is 6.90. The van der Waals surface area contributed by atoms with Crippen LogP contribution in [0.3, 0.4) is 0 Å². The summed E-state index contributed by atoms with van der Waals surface area (Å²) in [7, 11) is -1.45. The molecule has 0 aromatic heterocycles. The highest BCUT2D eigenvalue weighted by Gasteiger charge is 2.54. The third-order valence-electron chi connectivity index (χ3n) is 8.36. The summed E-state index contributed by atoms with van der Waals surface area (Å²) >= 11 is 0. The van der Waals surface area contributed by atoms with Crippen molar-refractivity contribution in [3.63, 3.8) is 0 Å². The largest absolute Gasteiger partial charge is 0.467 e. The molecule has 2 aliphatic rings. The number of ether oxygens (including phenoxy) is 2. The summed E-state index contributed by atoms with van der Waals surface area (Å²) in [6, 6.07) is 29.7. The van der Waals surface area contributed by atoms with Crippen LogP contribution in [-0.4, -0.2) is 50.6 Å². The number of carbonyl (C=O) groups excluding carboxylic acids is 2. The Kier molecular flexibility index (Phi) is 8.47. The third-order valence-corrected chi connectivity index (χ3v) is 13.4. The molecule has 3 aromatic rings. The average molecular weight is 570 g/mol. The summed E-state index contributed by atoms with van der Waals surface area (Å²) in [5.74, 6) is -0.406. The van der Waals surface area contributed by atoms with E-state index in [2.05, 4.69) is 81.5 Å². The van der Waals surface area contributed by atoms with Crippen molar-refractivity contribution in [2.75, 3.05) is 7.11 Å². The van der Waals surface area contributed by atoms with Crippen LogP contribution in [0.25, 0.3) is 0 Å². The first kappa shape index (κ1) is 28.8. The second-order valence-corrected chi connectivity index (χ2v) is 16.1. The first-order valence-corrected chi connectivity index (χ1v) is 16.2. The molecule has 1 saturated heterocycles. The van der Waals surface area contributed by atoms with Crippen LogP contribution in [0.15, 0.2) is 103 Å². The monoisotopic (exact) mass is 569 g/mol. The first-order valence-electron chi connectivity index (χ1n) is 14.3. The number of rotatable bonds is 7. The van der Waals surface area contributed by atoms with Crippen LogP contribution >= 0.6 is 0 Å². The fraction of sp³-hybridized carbons (Fsp3) is 0.353. The highest BCUT2D eigenvalue weighted by molar-refractivity contribution is 6.99. The summed E-state index contributed by atoms with van der Waals surface area (Å²) in [5, 5.41) is 2.22. The number of amides is 1. The zero-order valence-corrected chi connectivity index (χ0v) is 25.2. The molecule has 214 valence electrons. The highest BCUT2D eigenvalue weighted by atomic mass is 28.4. The van der Waals surface area contributed by atoms with Crippen LogP contribution in [0.1, 0.15) is 39.2 Å². The highest BCUT2D eigenvalue weighted by Crippen LogP contribution is 2.42. The van der Waals surface area contributed by atoms with E-state index in [0.717, 1.165) is 5.56 Å². The van der Waals surface area contributed by atoms with E-state index >= 15 is 0 Å². The van der Waals surface area contributed by atoms with Gasteiger partial charge in [0.05, 0.1) is 13.2 Å². The molecule has 5 rings (SSSR count). The van der Waals surface area contributed by atoms with Gasteiger partial charge in [-0.1, -0.05) is 124 Å². The van der Waals surface area contributed by atoms with Crippen molar-refractivity contribution >= 4 is 30.8 Å².